The summed E-state index contributed by atoms with van der Waals surface area (Å²) in [4.78, 5) is 13.7. The number of carbonyl (C=O) groups excluding carboxylic acids is 1. The molecular weight excluding hydrogens is 237 g/mol. The van der Waals surface area contributed by atoms with E-state index in [4.69, 9.17) is 9.47 Å². The Morgan fingerprint density at radius 3 is 2.44 bits per heavy atom. The fraction of sp³-hybridized carbons (Fsp3) is 0.462. The predicted molar refractivity (Wildman–Crippen MR) is 65.5 cm³/mol. The molecule has 98 valence electrons. The molecular formula is C13H16FNO3. The lowest BCUT2D eigenvalue weighted by Gasteiger charge is -2.19. The number of ether oxygens (including phenoxy) is 2. The van der Waals surface area contributed by atoms with E-state index in [1.165, 1.54) is 34.1 Å². The number of hydrogen-bond acceptors (Lipinski definition) is 4. The van der Waals surface area contributed by atoms with Crippen LogP contribution < -0.4 is 9.47 Å². The average Bonchev–Trinajstić information content (AvgIpc) is 2.33. The van der Waals surface area contributed by atoms with Gasteiger partial charge >= 0.3 is 0 Å². The van der Waals surface area contributed by atoms with Crippen molar-refractivity contribution in [1.29, 1.82) is 0 Å². The van der Waals surface area contributed by atoms with Gasteiger partial charge in [-0.2, -0.15) is 0 Å². The normalized spacial score (nSPS) is 10.7. The van der Waals surface area contributed by atoms with E-state index in [9.17, 15) is 9.18 Å². The first-order valence-electron chi connectivity index (χ1n) is 5.42. The first kappa shape index (κ1) is 14.2. The van der Waals surface area contributed by atoms with E-state index in [1.54, 1.807) is 12.1 Å². The van der Waals surface area contributed by atoms with Crippen molar-refractivity contribution >= 4 is 6.08 Å². The van der Waals surface area contributed by atoms with Crippen molar-refractivity contribution in [2.24, 2.45) is 4.99 Å². The van der Waals surface area contributed by atoms with E-state index >= 15 is 0 Å². The van der Waals surface area contributed by atoms with Gasteiger partial charge in [0, 0.05) is 5.56 Å². The molecule has 0 fully saturated rings. The van der Waals surface area contributed by atoms with Crippen molar-refractivity contribution < 1.29 is 18.7 Å². The Labute approximate surface area is 105 Å². The van der Waals surface area contributed by atoms with Crippen molar-refractivity contribution in [1.82, 2.24) is 0 Å². The van der Waals surface area contributed by atoms with Crippen LogP contribution in [0.25, 0.3) is 0 Å². The zero-order valence-corrected chi connectivity index (χ0v) is 10.9. The van der Waals surface area contributed by atoms with Gasteiger partial charge in [-0.1, -0.05) is 0 Å². The molecule has 0 aliphatic rings. The molecule has 0 aliphatic heterocycles. The number of nitrogens with zero attached hydrogens (tertiary/aromatic N) is 1. The van der Waals surface area contributed by atoms with Gasteiger partial charge in [0.15, 0.2) is 11.5 Å². The Balaban J connectivity index is 3.39. The molecule has 5 heteroatoms. The fourth-order valence-electron chi connectivity index (χ4n) is 1.62. The summed E-state index contributed by atoms with van der Waals surface area (Å²) in [6.07, 6.45) is 1.45. The molecule has 18 heavy (non-hydrogen) atoms. The Bertz CT molecular complexity index is 474. The highest BCUT2D eigenvalue weighted by atomic mass is 19.1. The molecule has 0 unspecified atom stereocenters. The maximum absolute atomic E-state index is 14.0. The third-order valence-electron chi connectivity index (χ3n) is 2.56. The number of methoxy groups -OCH3 is 2. The minimum absolute atomic E-state index is 0.0763. The van der Waals surface area contributed by atoms with Crippen molar-refractivity contribution in [2.75, 3.05) is 14.2 Å². The van der Waals surface area contributed by atoms with Gasteiger partial charge in [-0.05, 0) is 31.5 Å². The molecule has 0 heterocycles. The number of alkyl halides is 1. The molecule has 0 saturated carbocycles. The monoisotopic (exact) mass is 253 g/mol. The number of rotatable bonds is 5. The molecule has 0 bridgehead atoms. The van der Waals surface area contributed by atoms with Crippen LogP contribution in [0, 0.1) is 0 Å². The average molecular weight is 253 g/mol. The highest BCUT2D eigenvalue weighted by Gasteiger charge is 2.23. The van der Waals surface area contributed by atoms with Gasteiger partial charge in [-0.25, -0.2) is 14.2 Å². The lowest BCUT2D eigenvalue weighted by molar-refractivity contribution is 0.220. The van der Waals surface area contributed by atoms with E-state index in [1.807, 2.05) is 0 Å². The van der Waals surface area contributed by atoms with Crippen LogP contribution in [0.1, 0.15) is 25.0 Å². The molecule has 4 nitrogen and oxygen atoms in total. The second-order valence-corrected chi connectivity index (χ2v) is 4.25. The topological polar surface area (TPSA) is 47.9 Å². The minimum Gasteiger partial charge on any atom is -0.493 e. The summed E-state index contributed by atoms with van der Waals surface area (Å²) in [5.41, 5.74) is -0.490. The van der Waals surface area contributed by atoms with E-state index in [0.717, 1.165) is 0 Å². The molecule has 0 amide bonds. The number of isocyanates is 1. The molecule has 0 atom stereocenters. The van der Waals surface area contributed by atoms with Gasteiger partial charge in [-0.15, -0.1) is 0 Å². The Morgan fingerprint density at radius 2 is 2.00 bits per heavy atom. The summed E-state index contributed by atoms with van der Waals surface area (Å²) in [5.74, 6) is 0.862. The SMILES string of the molecule is COc1cc(C(C)(C)F)cc(CN=C=O)c1OC. The number of halogens is 1. The Hall–Kier alpha value is -1.87. The predicted octanol–water partition coefficient (Wildman–Crippen LogP) is 2.74. The molecule has 1 aromatic carbocycles. The van der Waals surface area contributed by atoms with Gasteiger partial charge in [0.05, 0.1) is 20.8 Å². The van der Waals surface area contributed by atoms with Gasteiger partial charge in [-0.3, -0.25) is 0 Å². The molecule has 0 aromatic heterocycles. The number of hydrogen-bond donors (Lipinski definition) is 0. The maximum atomic E-state index is 14.0. The second-order valence-electron chi connectivity index (χ2n) is 4.25. The Kier molecular flexibility index (Phi) is 4.45. The van der Waals surface area contributed by atoms with Crippen LogP contribution in [0.3, 0.4) is 0 Å². The zero-order chi connectivity index (χ0) is 13.8. The highest BCUT2D eigenvalue weighted by molar-refractivity contribution is 5.51. The minimum atomic E-state index is -1.51. The fourth-order valence-corrected chi connectivity index (χ4v) is 1.62. The van der Waals surface area contributed by atoms with Crippen molar-refractivity contribution in [3.8, 4) is 11.5 Å². The van der Waals surface area contributed by atoms with Crippen LogP contribution >= 0.6 is 0 Å². The summed E-state index contributed by atoms with van der Waals surface area (Å²) >= 11 is 0. The van der Waals surface area contributed by atoms with Gasteiger partial charge in [0.1, 0.15) is 5.67 Å². The smallest absolute Gasteiger partial charge is 0.235 e. The first-order valence-corrected chi connectivity index (χ1v) is 5.42. The van der Waals surface area contributed by atoms with E-state index in [2.05, 4.69) is 4.99 Å². The van der Waals surface area contributed by atoms with Gasteiger partial charge in [0.2, 0.25) is 6.08 Å². The van der Waals surface area contributed by atoms with Crippen LogP contribution in [0.4, 0.5) is 4.39 Å². The van der Waals surface area contributed by atoms with Crippen LogP contribution in [-0.4, -0.2) is 20.3 Å². The molecule has 0 saturated heterocycles. The van der Waals surface area contributed by atoms with Crippen molar-refractivity contribution in [2.45, 2.75) is 26.1 Å². The summed E-state index contributed by atoms with van der Waals surface area (Å²) in [7, 11) is 2.95. The van der Waals surface area contributed by atoms with Crippen LogP contribution in [-0.2, 0) is 17.0 Å². The van der Waals surface area contributed by atoms with Crippen molar-refractivity contribution in [3.05, 3.63) is 23.3 Å². The van der Waals surface area contributed by atoms with Crippen LogP contribution in [0.15, 0.2) is 17.1 Å². The summed E-state index contributed by atoms with van der Waals surface area (Å²) in [6, 6.07) is 3.19. The number of aliphatic imine (C=N–C) groups is 1. The Morgan fingerprint density at radius 1 is 1.33 bits per heavy atom. The summed E-state index contributed by atoms with van der Waals surface area (Å²) in [6.45, 7) is 2.97. The van der Waals surface area contributed by atoms with E-state index in [-0.39, 0.29) is 6.54 Å². The quantitative estimate of drug-likeness (QED) is 0.598. The zero-order valence-electron chi connectivity index (χ0n) is 10.9. The lowest BCUT2D eigenvalue weighted by Crippen LogP contribution is -2.10. The third-order valence-corrected chi connectivity index (χ3v) is 2.56. The first-order chi connectivity index (χ1) is 8.43. The van der Waals surface area contributed by atoms with E-state index < -0.39 is 5.67 Å². The summed E-state index contributed by atoms with van der Waals surface area (Å²) in [5, 5.41) is 0. The van der Waals surface area contributed by atoms with Crippen LogP contribution in [0.5, 0.6) is 11.5 Å². The molecule has 0 N–H and O–H groups in total. The number of benzene rings is 1. The maximum Gasteiger partial charge on any atom is 0.235 e. The molecule has 1 rings (SSSR count). The van der Waals surface area contributed by atoms with Crippen molar-refractivity contribution in [3.63, 3.8) is 0 Å². The van der Waals surface area contributed by atoms with E-state index in [0.29, 0.717) is 22.6 Å². The molecule has 0 aliphatic carbocycles. The summed E-state index contributed by atoms with van der Waals surface area (Å²) < 4.78 is 24.3. The third kappa shape index (κ3) is 3.08. The van der Waals surface area contributed by atoms with Gasteiger partial charge in [0.25, 0.3) is 0 Å². The van der Waals surface area contributed by atoms with Gasteiger partial charge < -0.3 is 9.47 Å². The van der Waals surface area contributed by atoms with Crippen LogP contribution in [0.2, 0.25) is 0 Å². The molecule has 0 radical (unpaired) electrons. The standard InChI is InChI=1S/C13H16FNO3/c1-13(2,14)10-5-9(7-15-8-16)12(18-4)11(6-10)17-3/h5-6H,7H2,1-4H3. The lowest BCUT2D eigenvalue weighted by atomic mass is 9.97. The second kappa shape index (κ2) is 5.65. The largest absolute Gasteiger partial charge is 0.493 e. The highest BCUT2D eigenvalue weighted by Crippen LogP contribution is 2.37. The molecule has 1 aromatic rings. The molecule has 0 spiro atoms.